The van der Waals surface area contributed by atoms with Crippen molar-refractivity contribution in [2.24, 2.45) is 0 Å². The molecule has 256 valence electrons. The van der Waals surface area contributed by atoms with Crippen molar-refractivity contribution in [1.82, 2.24) is 19.5 Å². The summed E-state index contributed by atoms with van der Waals surface area (Å²) in [5, 5.41) is 2.45. The van der Waals surface area contributed by atoms with E-state index in [1.807, 2.05) is 54.6 Å². The van der Waals surface area contributed by atoms with E-state index >= 15 is 0 Å². The van der Waals surface area contributed by atoms with Gasteiger partial charge in [0.2, 0.25) is 0 Å². The van der Waals surface area contributed by atoms with Crippen LogP contribution >= 0.6 is 0 Å². The summed E-state index contributed by atoms with van der Waals surface area (Å²) in [7, 11) is 0. The summed E-state index contributed by atoms with van der Waals surface area (Å²) < 4.78 is 15.8. The summed E-state index contributed by atoms with van der Waals surface area (Å²) in [6.07, 6.45) is 0. The molecule has 7 aromatic carbocycles. The van der Waals surface area contributed by atoms with Crippen molar-refractivity contribution >= 4 is 21.8 Å². The Balaban J connectivity index is 1.05. The number of benzene rings is 7. The number of para-hydroxylation sites is 3. The number of hydrogen-bond donors (Lipinski definition) is 0. The third-order valence-corrected chi connectivity index (χ3v) is 10.9. The molecule has 0 atom stereocenters. The molecule has 0 fully saturated rings. The molecule has 1 aliphatic heterocycles. The molecule has 3 heterocycles. The first-order chi connectivity index (χ1) is 26.5. The van der Waals surface area contributed by atoms with Crippen molar-refractivity contribution in [2.75, 3.05) is 0 Å². The lowest BCUT2D eigenvalue weighted by molar-refractivity contribution is 0.361. The average Bonchev–Trinajstić information content (AvgIpc) is 3.68. The average molecular weight is 697 g/mol. The summed E-state index contributed by atoms with van der Waals surface area (Å²) >= 11 is 0. The van der Waals surface area contributed by atoms with Crippen LogP contribution in [-0.2, 0) is 5.41 Å². The molecule has 2 aromatic heterocycles. The fourth-order valence-corrected chi connectivity index (χ4v) is 8.32. The second-order valence-electron chi connectivity index (χ2n) is 14.4. The van der Waals surface area contributed by atoms with E-state index in [-0.39, 0.29) is 5.41 Å². The molecular formula is C48H32N4O2. The Morgan fingerprint density at radius 3 is 1.78 bits per heavy atom. The van der Waals surface area contributed by atoms with E-state index < -0.39 is 0 Å². The highest BCUT2D eigenvalue weighted by Gasteiger charge is 2.40. The van der Waals surface area contributed by atoms with Crippen molar-refractivity contribution in [3.05, 3.63) is 169 Å². The SMILES string of the molecule is CC1(C)c2ccccc2-c2c1ccc1c2Oc2c(cccc2-c2nc(-c3ccccc3)nc(-c3ccc(-n4c5ccccc5c5ccccc54)cc3)n2)O1. The van der Waals surface area contributed by atoms with E-state index in [4.69, 9.17) is 24.4 Å². The van der Waals surface area contributed by atoms with E-state index in [2.05, 4.69) is 122 Å². The first-order valence-corrected chi connectivity index (χ1v) is 18.2. The van der Waals surface area contributed by atoms with Gasteiger partial charge in [0.15, 0.2) is 40.5 Å². The minimum atomic E-state index is -0.172. The Morgan fingerprint density at radius 2 is 1.04 bits per heavy atom. The minimum absolute atomic E-state index is 0.172. The quantitative estimate of drug-likeness (QED) is 0.183. The lowest BCUT2D eigenvalue weighted by Crippen LogP contribution is -2.15. The number of ether oxygens (including phenoxy) is 2. The Hall–Kier alpha value is -7.05. The molecule has 0 radical (unpaired) electrons. The number of rotatable bonds is 4. The van der Waals surface area contributed by atoms with E-state index in [0.29, 0.717) is 40.5 Å². The van der Waals surface area contributed by atoms with Gasteiger partial charge in [-0.1, -0.05) is 117 Å². The number of aromatic nitrogens is 4. The zero-order valence-electron chi connectivity index (χ0n) is 29.6. The molecule has 0 spiro atoms. The Bertz CT molecular complexity index is 2910. The van der Waals surface area contributed by atoms with Crippen LogP contribution in [0.1, 0.15) is 25.0 Å². The van der Waals surface area contributed by atoms with Gasteiger partial charge in [0.05, 0.1) is 16.6 Å². The smallest absolute Gasteiger partial charge is 0.181 e. The van der Waals surface area contributed by atoms with Crippen LogP contribution in [0.15, 0.2) is 158 Å². The van der Waals surface area contributed by atoms with Crippen LogP contribution < -0.4 is 9.47 Å². The van der Waals surface area contributed by atoms with E-state index in [0.717, 1.165) is 44.5 Å². The fourth-order valence-electron chi connectivity index (χ4n) is 8.32. The Kier molecular flexibility index (Phi) is 6.49. The molecule has 6 nitrogen and oxygen atoms in total. The van der Waals surface area contributed by atoms with Crippen molar-refractivity contribution < 1.29 is 9.47 Å². The maximum atomic E-state index is 6.95. The largest absolute Gasteiger partial charge is 0.449 e. The van der Waals surface area contributed by atoms with Crippen molar-refractivity contribution in [1.29, 1.82) is 0 Å². The van der Waals surface area contributed by atoms with Crippen molar-refractivity contribution in [2.45, 2.75) is 19.3 Å². The van der Waals surface area contributed by atoms with Crippen molar-refractivity contribution in [3.8, 4) is 74.0 Å². The summed E-state index contributed by atoms with van der Waals surface area (Å²) in [4.78, 5) is 15.2. The normalized spacial score (nSPS) is 13.4. The molecule has 1 aliphatic carbocycles. The van der Waals surface area contributed by atoms with E-state index in [1.54, 1.807) is 0 Å². The molecule has 0 saturated heterocycles. The van der Waals surface area contributed by atoms with Crippen LogP contribution in [0.3, 0.4) is 0 Å². The van der Waals surface area contributed by atoms with Gasteiger partial charge >= 0.3 is 0 Å². The first kappa shape index (κ1) is 30.6. The lowest BCUT2D eigenvalue weighted by atomic mass is 9.82. The zero-order valence-corrected chi connectivity index (χ0v) is 29.6. The topological polar surface area (TPSA) is 62.1 Å². The van der Waals surface area contributed by atoms with Gasteiger partial charge in [0.1, 0.15) is 0 Å². The van der Waals surface area contributed by atoms with Gasteiger partial charge in [-0.2, -0.15) is 0 Å². The Morgan fingerprint density at radius 1 is 0.444 bits per heavy atom. The van der Waals surface area contributed by atoms with Gasteiger partial charge in [0, 0.05) is 38.6 Å². The zero-order chi connectivity index (χ0) is 36.0. The third-order valence-electron chi connectivity index (χ3n) is 10.9. The number of fused-ring (bicyclic) bond motifs is 9. The van der Waals surface area contributed by atoms with Gasteiger partial charge < -0.3 is 14.0 Å². The number of hydrogen-bond acceptors (Lipinski definition) is 5. The van der Waals surface area contributed by atoms with E-state index in [1.165, 1.54) is 21.9 Å². The second-order valence-corrected chi connectivity index (χ2v) is 14.4. The molecule has 0 amide bonds. The highest BCUT2D eigenvalue weighted by atomic mass is 16.6. The third kappa shape index (κ3) is 4.50. The molecule has 0 bridgehead atoms. The molecule has 0 saturated carbocycles. The van der Waals surface area contributed by atoms with Crippen LogP contribution in [-0.4, -0.2) is 19.5 Å². The van der Waals surface area contributed by atoms with Gasteiger partial charge in [0.25, 0.3) is 0 Å². The van der Waals surface area contributed by atoms with Gasteiger partial charge in [-0.15, -0.1) is 0 Å². The second kappa shape index (κ2) is 11.5. The predicted molar refractivity (Wildman–Crippen MR) is 215 cm³/mol. The van der Waals surface area contributed by atoms with Gasteiger partial charge in [-0.25, -0.2) is 15.0 Å². The van der Waals surface area contributed by atoms with E-state index in [9.17, 15) is 0 Å². The van der Waals surface area contributed by atoms with Crippen LogP contribution in [0.4, 0.5) is 0 Å². The van der Waals surface area contributed by atoms with Crippen LogP contribution in [0, 0.1) is 0 Å². The summed E-state index contributed by atoms with van der Waals surface area (Å²) in [6.45, 7) is 4.53. The van der Waals surface area contributed by atoms with Crippen LogP contribution in [0.25, 0.3) is 72.8 Å². The van der Waals surface area contributed by atoms with Crippen LogP contribution in [0.5, 0.6) is 23.0 Å². The predicted octanol–water partition coefficient (Wildman–Crippen LogP) is 12.2. The van der Waals surface area contributed by atoms with Crippen molar-refractivity contribution in [3.63, 3.8) is 0 Å². The molecule has 0 N–H and O–H groups in total. The monoisotopic (exact) mass is 696 g/mol. The van der Waals surface area contributed by atoms with Gasteiger partial charge in [-0.05, 0) is 71.3 Å². The van der Waals surface area contributed by atoms with Crippen LogP contribution in [0.2, 0.25) is 0 Å². The first-order valence-electron chi connectivity index (χ1n) is 18.2. The maximum absolute atomic E-state index is 6.95. The molecule has 11 rings (SSSR count). The standard InChI is InChI=1S/C48H32N4O2/c1-48(2)36-19-9-6-17-34(36)42-37(48)27-28-41-44(42)54-43-35(18-12-22-40(43)53-41)47-50-45(29-13-4-3-5-14-29)49-46(51-47)30-23-25-31(26-24-30)52-38-20-10-7-15-32(38)33-16-8-11-21-39(33)52/h3-28H,1-2H3. The molecule has 9 aromatic rings. The molecule has 6 heteroatoms. The Labute approximate surface area is 312 Å². The maximum Gasteiger partial charge on any atom is 0.181 e. The highest BCUT2D eigenvalue weighted by molar-refractivity contribution is 6.09. The minimum Gasteiger partial charge on any atom is -0.449 e. The summed E-state index contributed by atoms with van der Waals surface area (Å²) in [5.74, 6) is 4.25. The lowest BCUT2D eigenvalue weighted by Gasteiger charge is -2.26. The molecule has 54 heavy (non-hydrogen) atoms. The summed E-state index contributed by atoms with van der Waals surface area (Å²) in [6, 6.07) is 54.2. The van der Waals surface area contributed by atoms with Gasteiger partial charge in [-0.3, -0.25) is 0 Å². The summed E-state index contributed by atoms with van der Waals surface area (Å²) in [5.41, 5.74) is 10.4. The molecular weight excluding hydrogens is 665 g/mol. The fraction of sp³-hybridized carbons (Fsp3) is 0.0625. The highest BCUT2D eigenvalue weighted by Crippen LogP contribution is 2.59. The molecule has 0 unspecified atom stereocenters. The molecule has 2 aliphatic rings. The number of nitrogens with zero attached hydrogens (tertiary/aromatic N) is 4.